The maximum Gasteiger partial charge on any atom is 0.150 e. The molecular formula is C14H11FO. The van der Waals surface area contributed by atoms with Gasteiger partial charge in [0, 0.05) is 11.1 Å². The fraction of sp³-hybridized carbons (Fsp3) is 0.0714. The van der Waals surface area contributed by atoms with E-state index in [2.05, 4.69) is 0 Å². The molecule has 0 saturated carbocycles. The molecule has 0 unspecified atom stereocenters. The van der Waals surface area contributed by atoms with Crippen molar-refractivity contribution in [1.29, 1.82) is 0 Å². The quantitative estimate of drug-likeness (QED) is 0.698. The van der Waals surface area contributed by atoms with Crippen LogP contribution in [0.2, 0.25) is 0 Å². The number of carbonyl (C=O) groups excluding carboxylic acids is 1. The molecule has 0 bridgehead atoms. The Morgan fingerprint density at radius 2 is 1.75 bits per heavy atom. The van der Waals surface area contributed by atoms with Gasteiger partial charge in [0.25, 0.3) is 0 Å². The summed E-state index contributed by atoms with van der Waals surface area (Å²) in [4.78, 5) is 10.8. The predicted octanol–water partition coefficient (Wildman–Crippen LogP) is 3.61. The molecule has 0 spiro atoms. The van der Waals surface area contributed by atoms with Crippen molar-refractivity contribution >= 4 is 6.29 Å². The summed E-state index contributed by atoms with van der Waals surface area (Å²) in [5, 5.41) is 0. The SMILES string of the molecule is Cc1c(C=O)ccc(F)c1-c1ccccc1. The Morgan fingerprint density at radius 3 is 2.38 bits per heavy atom. The molecule has 1 nitrogen and oxygen atoms in total. The van der Waals surface area contributed by atoms with E-state index in [9.17, 15) is 9.18 Å². The van der Waals surface area contributed by atoms with Crippen molar-refractivity contribution in [3.8, 4) is 11.1 Å². The smallest absolute Gasteiger partial charge is 0.150 e. The van der Waals surface area contributed by atoms with Crippen LogP contribution in [-0.4, -0.2) is 6.29 Å². The zero-order valence-electron chi connectivity index (χ0n) is 8.91. The minimum atomic E-state index is -0.297. The van der Waals surface area contributed by atoms with Gasteiger partial charge in [0.1, 0.15) is 12.1 Å². The molecule has 0 radical (unpaired) electrons. The molecule has 0 aromatic heterocycles. The predicted molar refractivity (Wildman–Crippen MR) is 62.0 cm³/mol. The highest BCUT2D eigenvalue weighted by Crippen LogP contribution is 2.27. The van der Waals surface area contributed by atoms with Gasteiger partial charge in [-0.1, -0.05) is 30.3 Å². The minimum Gasteiger partial charge on any atom is -0.298 e. The van der Waals surface area contributed by atoms with Gasteiger partial charge < -0.3 is 0 Å². The Balaban J connectivity index is 2.69. The average Bonchev–Trinajstić information content (AvgIpc) is 2.31. The van der Waals surface area contributed by atoms with Crippen LogP contribution < -0.4 is 0 Å². The number of hydrogen-bond donors (Lipinski definition) is 0. The first-order valence-electron chi connectivity index (χ1n) is 5.03. The van der Waals surface area contributed by atoms with Crippen LogP contribution in [0.3, 0.4) is 0 Å². The summed E-state index contributed by atoms with van der Waals surface area (Å²) < 4.78 is 13.7. The lowest BCUT2D eigenvalue weighted by atomic mass is 9.96. The Hall–Kier alpha value is -1.96. The van der Waals surface area contributed by atoms with E-state index in [1.165, 1.54) is 12.1 Å². The molecule has 0 atom stereocenters. The minimum absolute atomic E-state index is 0.297. The maximum atomic E-state index is 13.7. The second kappa shape index (κ2) is 4.27. The monoisotopic (exact) mass is 214 g/mol. The number of halogens is 1. The fourth-order valence-corrected chi connectivity index (χ4v) is 1.78. The van der Waals surface area contributed by atoms with Crippen LogP contribution in [-0.2, 0) is 0 Å². The second-order valence-corrected chi connectivity index (χ2v) is 3.62. The summed E-state index contributed by atoms with van der Waals surface area (Å²) >= 11 is 0. The number of hydrogen-bond acceptors (Lipinski definition) is 1. The molecule has 80 valence electrons. The van der Waals surface area contributed by atoms with Crippen molar-refractivity contribution < 1.29 is 9.18 Å². The van der Waals surface area contributed by atoms with Gasteiger partial charge in [-0.15, -0.1) is 0 Å². The standard InChI is InChI=1S/C14H11FO/c1-10-12(9-16)7-8-13(15)14(10)11-5-3-2-4-6-11/h2-9H,1H3. The normalized spacial score (nSPS) is 10.1. The molecule has 2 aromatic carbocycles. The molecule has 2 rings (SSSR count). The number of carbonyl (C=O) groups is 1. The Labute approximate surface area is 93.5 Å². The van der Waals surface area contributed by atoms with Gasteiger partial charge in [-0.3, -0.25) is 4.79 Å². The molecule has 0 fully saturated rings. The van der Waals surface area contributed by atoms with Crippen LogP contribution in [0.5, 0.6) is 0 Å². The Morgan fingerprint density at radius 1 is 1.06 bits per heavy atom. The van der Waals surface area contributed by atoms with Crippen molar-refractivity contribution in [1.82, 2.24) is 0 Å². The number of rotatable bonds is 2. The number of aldehydes is 1. The fourth-order valence-electron chi connectivity index (χ4n) is 1.78. The van der Waals surface area contributed by atoms with Crippen molar-refractivity contribution in [3.63, 3.8) is 0 Å². The highest BCUT2D eigenvalue weighted by atomic mass is 19.1. The lowest BCUT2D eigenvalue weighted by molar-refractivity contribution is 0.112. The molecule has 16 heavy (non-hydrogen) atoms. The van der Waals surface area contributed by atoms with Crippen LogP contribution in [0.4, 0.5) is 4.39 Å². The van der Waals surface area contributed by atoms with Crippen LogP contribution in [0.25, 0.3) is 11.1 Å². The summed E-state index contributed by atoms with van der Waals surface area (Å²) in [6.45, 7) is 1.76. The van der Waals surface area contributed by atoms with E-state index < -0.39 is 0 Å². The molecule has 0 N–H and O–H groups in total. The highest BCUT2D eigenvalue weighted by molar-refractivity contribution is 5.83. The molecule has 0 aliphatic carbocycles. The van der Waals surface area contributed by atoms with Crippen molar-refractivity contribution in [3.05, 3.63) is 59.4 Å². The van der Waals surface area contributed by atoms with Gasteiger partial charge in [0.15, 0.2) is 0 Å². The average molecular weight is 214 g/mol. The van der Waals surface area contributed by atoms with Crippen molar-refractivity contribution in [2.75, 3.05) is 0 Å². The Bertz CT molecular complexity index is 518. The molecule has 0 aliphatic rings. The molecule has 0 amide bonds. The molecule has 0 heterocycles. The lowest BCUT2D eigenvalue weighted by Gasteiger charge is -2.09. The van der Waals surface area contributed by atoms with Crippen LogP contribution >= 0.6 is 0 Å². The third kappa shape index (κ3) is 1.74. The molecule has 0 aliphatic heterocycles. The first kappa shape index (κ1) is 10.6. The summed E-state index contributed by atoms with van der Waals surface area (Å²) in [6.07, 6.45) is 0.751. The van der Waals surface area contributed by atoms with E-state index in [4.69, 9.17) is 0 Å². The first-order valence-corrected chi connectivity index (χ1v) is 5.03. The lowest BCUT2D eigenvalue weighted by Crippen LogP contribution is -1.94. The summed E-state index contributed by atoms with van der Waals surface area (Å²) in [5.41, 5.74) is 2.51. The summed E-state index contributed by atoms with van der Waals surface area (Å²) in [7, 11) is 0. The van der Waals surface area contributed by atoms with Crippen molar-refractivity contribution in [2.24, 2.45) is 0 Å². The molecular weight excluding hydrogens is 203 g/mol. The maximum absolute atomic E-state index is 13.7. The van der Waals surface area contributed by atoms with Gasteiger partial charge >= 0.3 is 0 Å². The zero-order valence-corrected chi connectivity index (χ0v) is 8.91. The van der Waals surface area contributed by atoms with Crippen LogP contribution in [0.15, 0.2) is 42.5 Å². The van der Waals surface area contributed by atoms with Gasteiger partial charge in [-0.25, -0.2) is 4.39 Å². The highest BCUT2D eigenvalue weighted by Gasteiger charge is 2.10. The second-order valence-electron chi connectivity index (χ2n) is 3.62. The largest absolute Gasteiger partial charge is 0.298 e. The van der Waals surface area contributed by atoms with E-state index in [1.807, 2.05) is 30.3 Å². The van der Waals surface area contributed by atoms with Gasteiger partial charge in [0.05, 0.1) is 0 Å². The Kier molecular flexibility index (Phi) is 2.82. The van der Waals surface area contributed by atoms with Gasteiger partial charge in [0.2, 0.25) is 0 Å². The molecule has 2 heteroatoms. The summed E-state index contributed by atoms with van der Waals surface area (Å²) in [6, 6.07) is 12.1. The molecule has 2 aromatic rings. The van der Waals surface area contributed by atoms with E-state index in [-0.39, 0.29) is 5.82 Å². The van der Waals surface area contributed by atoms with Gasteiger partial charge in [-0.2, -0.15) is 0 Å². The summed E-state index contributed by atoms with van der Waals surface area (Å²) in [5.74, 6) is -0.297. The topological polar surface area (TPSA) is 17.1 Å². The third-order valence-corrected chi connectivity index (χ3v) is 2.65. The van der Waals surface area contributed by atoms with Crippen LogP contribution in [0, 0.1) is 12.7 Å². The van der Waals surface area contributed by atoms with Gasteiger partial charge in [-0.05, 0) is 30.2 Å². The van der Waals surface area contributed by atoms with E-state index in [0.717, 1.165) is 11.8 Å². The molecule has 0 saturated heterocycles. The van der Waals surface area contributed by atoms with E-state index in [0.29, 0.717) is 16.7 Å². The zero-order chi connectivity index (χ0) is 11.5. The third-order valence-electron chi connectivity index (χ3n) is 2.65. The van der Waals surface area contributed by atoms with Crippen molar-refractivity contribution in [2.45, 2.75) is 6.92 Å². The van der Waals surface area contributed by atoms with E-state index >= 15 is 0 Å². The van der Waals surface area contributed by atoms with E-state index in [1.54, 1.807) is 6.92 Å². The number of benzene rings is 2. The first-order chi connectivity index (χ1) is 7.74. The van der Waals surface area contributed by atoms with Crippen LogP contribution in [0.1, 0.15) is 15.9 Å².